The minimum atomic E-state index is 0.213. The zero-order valence-corrected chi connectivity index (χ0v) is 9.22. The molecule has 2 rings (SSSR count). The van der Waals surface area contributed by atoms with E-state index in [2.05, 4.69) is 0 Å². The second-order valence-corrected chi connectivity index (χ2v) is 3.51. The highest BCUT2D eigenvalue weighted by Gasteiger charge is 1.83. The van der Waals surface area contributed by atoms with Crippen LogP contribution in [-0.4, -0.2) is 5.11 Å². The molecule has 0 aliphatic heterocycles. The second kappa shape index (κ2) is 5.66. The van der Waals surface area contributed by atoms with Gasteiger partial charge in [0, 0.05) is 17.4 Å². The normalized spacial score (nSPS) is 9.06. The van der Waals surface area contributed by atoms with E-state index in [1.165, 1.54) is 11.6 Å². The average Bonchev–Trinajstić information content (AvgIpc) is 2.23. The van der Waals surface area contributed by atoms with E-state index in [0.29, 0.717) is 5.69 Å². The molecule has 0 aliphatic rings. The maximum Gasteiger partial charge on any atom is 0.117 e. The van der Waals surface area contributed by atoms with E-state index in [1.807, 2.05) is 31.2 Å². The molecule has 2 aromatic carbocycles. The molecule has 0 fully saturated rings. The van der Waals surface area contributed by atoms with Gasteiger partial charge in [0.05, 0.1) is 0 Å². The van der Waals surface area contributed by atoms with Crippen LogP contribution in [-0.2, 0) is 0 Å². The fourth-order valence-electron chi connectivity index (χ4n) is 1.09. The molecule has 0 aliphatic carbocycles. The van der Waals surface area contributed by atoms with E-state index < -0.39 is 0 Å². The molecule has 0 radical (unpaired) electrons. The highest BCUT2D eigenvalue weighted by molar-refractivity contribution is 5.42. The van der Waals surface area contributed by atoms with Crippen LogP contribution in [0.4, 0.5) is 11.4 Å². The SMILES string of the molecule is Cc1ccc(N)cc1.Nc1cccc(O)c1. The van der Waals surface area contributed by atoms with Crippen LogP contribution in [0.15, 0.2) is 48.5 Å². The van der Waals surface area contributed by atoms with Crippen molar-refractivity contribution in [3.8, 4) is 5.75 Å². The molecule has 3 heteroatoms. The molecular weight excluding hydrogens is 200 g/mol. The van der Waals surface area contributed by atoms with E-state index in [0.717, 1.165) is 5.69 Å². The maximum atomic E-state index is 8.73. The molecule has 0 aromatic heterocycles. The van der Waals surface area contributed by atoms with E-state index in [1.54, 1.807) is 18.2 Å². The number of hydrogen-bond donors (Lipinski definition) is 3. The second-order valence-electron chi connectivity index (χ2n) is 3.51. The Kier molecular flexibility index (Phi) is 4.21. The van der Waals surface area contributed by atoms with Gasteiger partial charge in [0.25, 0.3) is 0 Å². The molecule has 3 nitrogen and oxygen atoms in total. The number of nitrogen functional groups attached to an aromatic ring is 2. The van der Waals surface area contributed by atoms with E-state index >= 15 is 0 Å². The van der Waals surface area contributed by atoms with Crippen LogP contribution in [0.2, 0.25) is 0 Å². The summed E-state index contributed by atoms with van der Waals surface area (Å²) in [5.74, 6) is 0.213. The quantitative estimate of drug-likeness (QED) is 0.592. The van der Waals surface area contributed by atoms with Gasteiger partial charge in [0.15, 0.2) is 0 Å². The van der Waals surface area contributed by atoms with Crippen molar-refractivity contribution in [2.75, 3.05) is 11.5 Å². The van der Waals surface area contributed by atoms with Gasteiger partial charge in [0.1, 0.15) is 5.75 Å². The Bertz CT molecular complexity index is 400. The Balaban J connectivity index is 0.000000160. The van der Waals surface area contributed by atoms with Crippen LogP contribution in [0, 0.1) is 6.92 Å². The van der Waals surface area contributed by atoms with Crippen molar-refractivity contribution in [1.82, 2.24) is 0 Å². The summed E-state index contributed by atoms with van der Waals surface area (Å²) < 4.78 is 0. The third kappa shape index (κ3) is 4.37. The van der Waals surface area contributed by atoms with Crippen LogP contribution >= 0.6 is 0 Å². The van der Waals surface area contributed by atoms with Crippen molar-refractivity contribution >= 4 is 11.4 Å². The Morgan fingerprint density at radius 1 is 0.875 bits per heavy atom. The number of aryl methyl sites for hydroxylation is 1. The molecule has 0 saturated carbocycles. The summed E-state index contributed by atoms with van der Waals surface area (Å²) in [5.41, 5.74) is 13.4. The number of nitrogens with two attached hydrogens (primary N) is 2. The summed E-state index contributed by atoms with van der Waals surface area (Å²) in [7, 11) is 0. The summed E-state index contributed by atoms with van der Waals surface area (Å²) in [5, 5.41) is 8.73. The fraction of sp³-hybridized carbons (Fsp3) is 0.0769. The van der Waals surface area contributed by atoms with Gasteiger partial charge in [0.2, 0.25) is 0 Å². The van der Waals surface area contributed by atoms with Crippen molar-refractivity contribution in [3.05, 3.63) is 54.1 Å². The van der Waals surface area contributed by atoms with Gasteiger partial charge in [-0.1, -0.05) is 23.8 Å². The van der Waals surface area contributed by atoms with Crippen LogP contribution < -0.4 is 11.5 Å². The molecule has 2 aromatic rings. The first-order valence-corrected chi connectivity index (χ1v) is 4.94. The van der Waals surface area contributed by atoms with Crippen molar-refractivity contribution in [2.45, 2.75) is 6.92 Å². The van der Waals surface area contributed by atoms with Gasteiger partial charge in [-0.15, -0.1) is 0 Å². The number of hydrogen-bond acceptors (Lipinski definition) is 3. The summed E-state index contributed by atoms with van der Waals surface area (Å²) in [6.45, 7) is 2.04. The number of phenols is 1. The molecule has 0 unspecified atom stereocenters. The smallest absolute Gasteiger partial charge is 0.117 e. The summed E-state index contributed by atoms with van der Waals surface area (Å²) in [4.78, 5) is 0. The molecule has 0 saturated heterocycles. The topological polar surface area (TPSA) is 72.3 Å². The largest absolute Gasteiger partial charge is 0.508 e. The maximum absolute atomic E-state index is 8.73. The first-order chi connectivity index (χ1) is 7.58. The van der Waals surface area contributed by atoms with Gasteiger partial charge >= 0.3 is 0 Å². The van der Waals surface area contributed by atoms with Gasteiger partial charge in [-0.05, 0) is 31.2 Å². The predicted octanol–water partition coefficient (Wildman–Crippen LogP) is 2.55. The van der Waals surface area contributed by atoms with E-state index in [4.69, 9.17) is 16.6 Å². The Morgan fingerprint density at radius 3 is 1.88 bits per heavy atom. The summed E-state index contributed by atoms with van der Waals surface area (Å²) >= 11 is 0. The molecule has 0 bridgehead atoms. The molecule has 84 valence electrons. The molecule has 0 amide bonds. The third-order valence-electron chi connectivity index (χ3n) is 1.95. The predicted molar refractivity (Wildman–Crippen MR) is 68.1 cm³/mol. The highest BCUT2D eigenvalue weighted by Crippen LogP contribution is 2.10. The lowest BCUT2D eigenvalue weighted by atomic mass is 10.2. The summed E-state index contributed by atoms with van der Waals surface area (Å²) in [6, 6.07) is 14.3. The van der Waals surface area contributed by atoms with Gasteiger partial charge < -0.3 is 16.6 Å². The zero-order valence-electron chi connectivity index (χ0n) is 9.22. The van der Waals surface area contributed by atoms with E-state index in [9.17, 15) is 0 Å². The van der Waals surface area contributed by atoms with Crippen molar-refractivity contribution in [3.63, 3.8) is 0 Å². The molecular formula is C13H16N2O. The number of aromatic hydroxyl groups is 1. The van der Waals surface area contributed by atoms with Crippen LogP contribution in [0.5, 0.6) is 5.75 Å². The van der Waals surface area contributed by atoms with Crippen molar-refractivity contribution in [2.24, 2.45) is 0 Å². The number of rotatable bonds is 0. The Hall–Kier alpha value is -2.16. The highest BCUT2D eigenvalue weighted by atomic mass is 16.3. The minimum Gasteiger partial charge on any atom is -0.508 e. The lowest BCUT2D eigenvalue weighted by Gasteiger charge is -1.90. The van der Waals surface area contributed by atoms with Gasteiger partial charge in [-0.3, -0.25) is 0 Å². The van der Waals surface area contributed by atoms with Gasteiger partial charge in [-0.2, -0.15) is 0 Å². The number of anilines is 2. The molecule has 0 heterocycles. The van der Waals surface area contributed by atoms with Gasteiger partial charge in [-0.25, -0.2) is 0 Å². The van der Waals surface area contributed by atoms with Crippen LogP contribution in [0.1, 0.15) is 5.56 Å². The molecule has 0 spiro atoms. The average molecular weight is 216 g/mol. The zero-order chi connectivity index (χ0) is 12.0. The molecule has 5 N–H and O–H groups in total. The number of phenolic OH excluding ortho intramolecular Hbond substituents is 1. The first kappa shape index (κ1) is 11.9. The standard InChI is InChI=1S/C7H9N.C6H7NO/c1-6-2-4-7(8)5-3-6;7-5-2-1-3-6(8)4-5/h2-5H,8H2,1H3;1-4,8H,7H2. The molecule has 16 heavy (non-hydrogen) atoms. The fourth-order valence-corrected chi connectivity index (χ4v) is 1.09. The third-order valence-corrected chi connectivity index (χ3v) is 1.95. The number of benzene rings is 2. The first-order valence-electron chi connectivity index (χ1n) is 4.94. The summed E-state index contributed by atoms with van der Waals surface area (Å²) in [6.07, 6.45) is 0. The van der Waals surface area contributed by atoms with Crippen molar-refractivity contribution < 1.29 is 5.11 Å². The van der Waals surface area contributed by atoms with Crippen LogP contribution in [0.3, 0.4) is 0 Å². The Morgan fingerprint density at radius 2 is 1.50 bits per heavy atom. The van der Waals surface area contributed by atoms with Crippen LogP contribution in [0.25, 0.3) is 0 Å². The lowest BCUT2D eigenvalue weighted by molar-refractivity contribution is 0.475. The van der Waals surface area contributed by atoms with Crippen molar-refractivity contribution in [1.29, 1.82) is 0 Å². The lowest BCUT2D eigenvalue weighted by Crippen LogP contribution is -1.81. The monoisotopic (exact) mass is 216 g/mol. The Labute approximate surface area is 95.3 Å². The molecule has 0 atom stereocenters. The minimum absolute atomic E-state index is 0.213. The van der Waals surface area contributed by atoms with E-state index in [-0.39, 0.29) is 5.75 Å².